The quantitative estimate of drug-likeness (QED) is 0.593. The van der Waals surface area contributed by atoms with Gasteiger partial charge in [-0.1, -0.05) is 5.92 Å². The molecule has 0 saturated carbocycles. The van der Waals surface area contributed by atoms with Gasteiger partial charge in [-0.25, -0.2) is 0 Å². The molecule has 72 valence electrons. The van der Waals surface area contributed by atoms with E-state index in [1.807, 2.05) is 0 Å². The summed E-state index contributed by atoms with van der Waals surface area (Å²) in [6.45, 7) is 4.10. The number of hydrogen-bond acceptors (Lipinski definition) is 2. The standard InChI is InChI=1S/C10H16N2O/c1-2-3-7-12-10(13)9-5-4-6-11-8-9/h9,11H,4-8H2,1H3,(H,12,13)/t9-/m0/s1. The summed E-state index contributed by atoms with van der Waals surface area (Å²) in [6, 6.07) is 0. The fourth-order valence-electron chi connectivity index (χ4n) is 1.44. The summed E-state index contributed by atoms with van der Waals surface area (Å²) in [7, 11) is 0. The Morgan fingerprint density at radius 1 is 1.69 bits per heavy atom. The van der Waals surface area contributed by atoms with Gasteiger partial charge in [0, 0.05) is 6.54 Å². The Balaban J connectivity index is 2.23. The van der Waals surface area contributed by atoms with Crippen molar-refractivity contribution in [1.29, 1.82) is 0 Å². The van der Waals surface area contributed by atoms with Crippen LogP contribution in [0.1, 0.15) is 19.8 Å². The molecule has 0 aromatic carbocycles. The Bertz CT molecular complexity index is 221. The van der Waals surface area contributed by atoms with Crippen LogP contribution in [0.3, 0.4) is 0 Å². The third-order valence-electron chi connectivity index (χ3n) is 2.20. The normalized spacial score (nSPS) is 21.5. The second-order valence-corrected chi connectivity index (χ2v) is 3.19. The van der Waals surface area contributed by atoms with Gasteiger partial charge in [-0.15, -0.1) is 5.92 Å². The lowest BCUT2D eigenvalue weighted by Crippen LogP contribution is -2.40. The Hall–Kier alpha value is -1.01. The van der Waals surface area contributed by atoms with Crippen molar-refractivity contribution in [2.75, 3.05) is 19.6 Å². The zero-order valence-corrected chi connectivity index (χ0v) is 8.02. The van der Waals surface area contributed by atoms with Crippen molar-refractivity contribution in [3.05, 3.63) is 0 Å². The minimum Gasteiger partial charge on any atom is -0.345 e. The van der Waals surface area contributed by atoms with Gasteiger partial charge in [0.1, 0.15) is 0 Å². The maximum Gasteiger partial charge on any atom is 0.225 e. The molecule has 1 heterocycles. The van der Waals surface area contributed by atoms with E-state index in [4.69, 9.17) is 0 Å². The largest absolute Gasteiger partial charge is 0.345 e. The van der Waals surface area contributed by atoms with Gasteiger partial charge in [0.15, 0.2) is 0 Å². The van der Waals surface area contributed by atoms with Crippen molar-refractivity contribution in [1.82, 2.24) is 10.6 Å². The molecule has 1 saturated heterocycles. The van der Waals surface area contributed by atoms with E-state index in [0.717, 1.165) is 25.9 Å². The number of carbonyl (C=O) groups excluding carboxylic acids is 1. The van der Waals surface area contributed by atoms with Crippen LogP contribution in [0.4, 0.5) is 0 Å². The lowest BCUT2D eigenvalue weighted by Gasteiger charge is -2.21. The third-order valence-corrected chi connectivity index (χ3v) is 2.20. The van der Waals surface area contributed by atoms with Crippen LogP contribution >= 0.6 is 0 Å². The van der Waals surface area contributed by atoms with Crippen LogP contribution < -0.4 is 10.6 Å². The molecule has 0 spiro atoms. The number of amides is 1. The topological polar surface area (TPSA) is 41.1 Å². The lowest BCUT2D eigenvalue weighted by molar-refractivity contribution is -0.125. The van der Waals surface area contributed by atoms with E-state index in [2.05, 4.69) is 22.5 Å². The van der Waals surface area contributed by atoms with Crippen LogP contribution in [0.15, 0.2) is 0 Å². The second-order valence-electron chi connectivity index (χ2n) is 3.19. The van der Waals surface area contributed by atoms with E-state index in [1.165, 1.54) is 0 Å². The predicted octanol–water partition coefficient (Wildman–Crippen LogP) is 0.126. The van der Waals surface area contributed by atoms with E-state index >= 15 is 0 Å². The first-order valence-corrected chi connectivity index (χ1v) is 4.72. The van der Waals surface area contributed by atoms with Crippen molar-refractivity contribution in [3.63, 3.8) is 0 Å². The van der Waals surface area contributed by atoms with Crippen molar-refractivity contribution in [3.8, 4) is 11.8 Å². The van der Waals surface area contributed by atoms with Gasteiger partial charge in [0.05, 0.1) is 12.5 Å². The highest BCUT2D eigenvalue weighted by molar-refractivity contribution is 5.79. The highest BCUT2D eigenvalue weighted by Gasteiger charge is 2.19. The SMILES string of the molecule is CC#CCNC(=O)[C@H]1CCCNC1. The molecule has 3 heteroatoms. The molecule has 0 radical (unpaired) electrons. The Morgan fingerprint density at radius 2 is 2.54 bits per heavy atom. The van der Waals surface area contributed by atoms with E-state index in [9.17, 15) is 4.79 Å². The fraction of sp³-hybridized carbons (Fsp3) is 0.700. The third kappa shape index (κ3) is 3.47. The molecule has 0 unspecified atom stereocenters. The molecule has 1 aliphatic rings. The molecule has 1 rings (SSSR count). The number of rotatable bonds is 2. The van der Waals surface area contributed by atoms with E-state index in [0.29, 0.717) is 6.54 Å². The maximum absolute atomic E-state index is 11.5. The predicted molar refractivity (Wildman–Crippen MR) is 52.1 cm³/mol. The van der Waals surface area contributed by atoms with Gasteiger partial charge < -0.3 is 10.6 Å². The molecular formula is C10H16N2O. The molecule has 1 amide bonds. The second kappa shape index (κ2) is 5.60. The van der Waals surface area contributed by atoms with Crippen LogP contribution in [0, 0.1) is 17.8 Å². The minimum absolute atomic E-state index is 0.134. The fourth-order valence-corrected chi connectivity index (χ4v) is 1.44. The molecule has 0 aromatic heterocycles. The summed E-state index contributed by atoms with van der Waals surface area (Å²) in [5, 5.41) is 6.01. The Morgan fingerprint density at radius 3 is 3.15 bits per heavy atom. The summed E-state index contributed by atoms with van der Waals surface area (Å²) in [4.78, 5) is 11.5. The number of carbonyl (C=O) groups is 1. The monoisotopic (exact) mass is 180 g/mol. The van der Waals surface area contributed by atoms with Crippen molar-refractivity contribution >= 4 is 5.91 Å². The molecule has 2 N–H and O–H groups in total. The van der Waals surface area contributed by atoms with Crippen LogP contribution in [-0.2, 0) is 4.79 Å². The molecule has 1 atom stereocenters. The molecule has 3 nitrogen and oxygen atoms in total. The average Bonchev–Trinajstić information content (AvgIpc) is 2.19. The molecule has 13 heavy (non-hydrogen) atoms. The van der Waals surface area contributed by atoms with Gasteiger partial charge in [0.25, 0.3) is 0 Å². The Labute approximate surface area is 79.3 Å². The van der Waals surface area contributed by atoms with Crippen molar-refractivity contribution in [2.45, 2.75) is 19.8 Å². The van der Waals surface area contributed by atoms with Gasteiger partial charge in [-0.2, -0.15) is 0 Å². The summed E-state index contributed by atoms with van der Waals surface area (Å²) >= 11 is 0. The maximum atomic E-state index is 11.5. The van der Waals surface area contributed by atoms with Crippen LogP contribution in [0.25, 0.3) is 0 Å². The molecular weight excluding hydrogens is 164 g/mol. The number of hydrogen-bond donors (Lipinski definition) is 2. The number of piperidine rings is 1. The first-order valence-electron chi connectivity index (χ1n) is 4.72. The van der Waals surface area contributed by atoms with Crippen molar-refractivity contribution in [2.24, 2.45) is 5.92 Å². The van der Waals surface area contributed by atoms with E-state index in [1.54, 1.807) is 6.92 Å². The molecule has 0 bridgehead atoms. The molecule has 1 fully saturated rings. The minimum atomic E-state index is 0.134. The summed E-state index contributed by atoms with van der Waals surface area (Å²) in [6.07, 6.45) is 2.09. The average molecular weight is 180 g/mol. The first kappa shape index (κ1) is 10.1. The summed E-state index contributed by atoms with van der Waals surface area (Å²) in [5.41, 5.74) is 0. The summed E-state index contributed by atoms with van der Waals surface area (Å²) in [5.74, 6) is 5.84. The first-order chi connectivity index (χ1) is 6.34. The smallest absolute Gasteiger partial charge is 0.225 e. The van der Waals surface area contributed by atoms with Crippen molar-refractivity contribution < 1.29 is 4.79 Å². The highest BCUT2D eigenvalue weighted by Crippen LogP contribution is 2.09. The molecule has 0 aromatic rings. The highest BCUT2D eigenvalue weighted by atomic mass is 16.1. The number of nitrogens with one attached hydrogen (secondary N) is 2. The van der Waals surface area contributed by atoms with Crippen LogP contribution in [0.5, 0.6) is 0 Å². The van der Waals surface area contributed by atoms with E-state index in [-0.39, 0.29) is 11.8 Å². The van der Waals surface area contributed by atoms with Gasteiger partial charge in [-0.3, -0.25) is 4.79 Å². The zero-order valence-electron chi connectivity index (χ0n) is 8.02. The van der Waals surface area contributed by atoms with Gasteiger partial charge in [0.2, 0.25) is 5.91 Å². The summed E-state index contributed by atoms with van der Waals surface area (Å²) < 4.78 is 0. The van der Waals surface area contributed by atoms with Gasteiger partial charge >= 0.3 is 0 Å². The Kier molecular flexibility index (Phi) is 4.34. The molecule has 0 aliphatic carbocycles. The van der Waals surface area contributed by atoms with Crippen LogP contribution in [0.2, 0.25) is 0 Å². The van der Waals surface area contributed by atoms with Crippen LogP contribution in [-0.4, -0.2) is 25.5 Å². The molecule has 1 aliphatic heterocycles. The zero-order chi connectivity index (χ0) is 9.52. The van der Waals surface area contributed by atoms with E-state index < -0.39 is 0 Å². The lowest BCUT2D eigenvalue weighted by atomic mass is 9.99. The van der Waals surface area contributed by atoms with Gasteiger partial charge in [-0.05, 0) is 26.3 Å².